The van der Waals surface area contributed by atoms with Gasteiger partial charge in [-0.15, -0.1) is 0 Å². The second kappa shape index (κ2) is 3.83. The highest BCUT2D eigenvalue weighted by Gasteiger charge is 2.18. The molecule has 2 heterocycles. The number of ether oxygens (including phenoxy) is 1. The smallest absolute Gasteiger partial charge is 0.135 e. The van der Waals surface area contributed by atoms with E-state index < -0.39 is 0 Å². The van der Waals surface area contributed by atoms with Gasteiger partial charge in [0.15, 0.2) is 0 Å². The van der Waals surface area contributed by atoms with E-state index in [-0.39, 0.29) is 0 Å². The SMILES string of the molecule is Nc1c(I)cnn1C1CCOCC1. The number of hydrogen-bond donors (Lipinski definition) is 1. The van der Waals surface area contributed by atoms with Gasteiger partial charge >= 0.3 is 0 Å². The molecule has 1 saturated heterocycles. The molecule has 2 N–H and O–H groups in total. The number of halogens is 1. The summed E-state index contributed by atoms with van der Waals surface area (Å²) in [6, 6.07) is 0.428. The van der Waals surface area contributed by atoms with Crippen molar-refractivity contribution in [2.45, 2.75) is 18.9 Å². The first-order chi connectivity index (χ1) is 6.29. The average molecular weight is 293 g/mol. The third kappa shape index (κ3) is 1.80. The van der Waals surface area contributed by atoms with Gasteiger partial charge in [0.2, 0.25) is 0 Å². The lowest BCUT2D eigenvalue weighted by molar-refractivity contribution is 0.0669. The fourth-order valence-corrected chi connectivity index (χ4v) is 1.94. The van der Waals surface area contributed by atoms with Gasteiger partial charge in [-0.25, -0.2) is 4.68 Å². The Morgan fingerprint density at radius 2 is 2.23 bits per heavy atom. The van der Waals surface area contributed by atoms with Gasteiger partial charge < -0.3 is 10.5 Å². The van der Waals surface area contributed by atoms with E-state index in [0.29, 0.717) is 6.04 Å². The van der Waals surface area contributed by atoms with E-state index in [9.17, 15) is 0 Å². The van der Waals surface area contributed by atoms with Crippen molar-refractivity contribution >= 4 is 28.4 Å². The Hall–Kier alpha value is -0.300. The third-order valence-electron chi connectivity index (χ3n) is 2.32. The predicted octanol–water partition coefficient (Wildman–Crippen LogP) is 1.42. The summed E-state index contributed by atoms with van der Waals surface area (Å²) in [5.41, 5.74) is 5.89. The van der Waals surface area contributed by atoms with E-state index in [0.717, 1.165) is 35.4 Å². The number of rotatable bonds is 1. The summed E-state index contributed by atoms with van der Waals surface area (Å²) in [5, 5.41) is 4.27. The zero-order chi connectivity index (χ0) is 9.26. The number of hydrogen-bond acceptors (Lipinski definition) is 3. The van der Waals surface area contributed by atoms with E-state index in [4.69, 9.17) is 10.5 Å². The molecule has 1 aromatic heterocycles. The third-order valence-corrected chi connectivity index (χ3v) is 3.15. The van der Waals surface area contributed by atoms with E-state index in [1.165, 1.54) is 0 Å². The van der Waals surface area contributed by atoms with Crippen LogP contribution in [0, 0.1) is 3.57 Å². The van der Waals surface area contributed by atoms with E-state index in [1.54, 1.807) is 0 Å². The quantitative estimate of drug-likeness (QED) is 0.797. The van der Waals surface area contributed by atoms with Crippen molar-refractivity contribution in [2.75, 3.05) is 18.9 Å². The lowest BCUT2D eigenvalue weighted by Crippen LogP contribution is -2.21. The Labute approximate surface area is 90.6 Å². The van der Waals surface area contributed by atoms with Crippen LogP contribution < -0.4 is 5.73 Å². The highest BCUT2D eigenvalue weighted by atomic mass is 127. The van der Waals surface area contributed by atoms with Crippen LogP contribution in [0.3, 0.4) is 0 Å². The van der Waals surface area contributed by atoms with Crippen molar-refractivity contribution in [3.8, 4) is 0 Å². The summed E-state index contributed by atoms with van der Waals surface area (Å²) in [6.07, 6.45) is 3.84. The molecular formula is C8H12IN3O. The van der Waals surface area contributed by atoms with Crippen LogP contribution in [0.25, 0.3) is 0 Å². The summed E-state index contributed by atoms with van der Waals surface area (Å²) in [5.74, 6) is 0.785. The fourth-order valence-electron chi connectivity index (χ4n) is 1.57. The van der Waals surface area contributed by atoms with Crippen LogP contribution in [0.4, 0.5) is 5.82 Å². The van der Waals surface area contributed by atoms with Crippen LogP contribution in [0.1, 0.15) is 18.9 Å². The molecule has 0 amide bonds. The number of anilines is 1. The lowest BCUT2D eigenvalue weighted by Gasteiger charge is -2.23. The van der Waals surface area contributed by atoms with Gasteiger partial charge in [-0.2, -0.15) is 5.10 Å². The van der Waals surface area contributed by atoms with Gasteiger partial charge in [-0.1, -0.05) is 0 Å². The standard InChI is InChI=1S/C8H12IN3O/c9-7-5-11-12(8(7)10)6-1-3-13-4-2-6/h5-6H,1-4,10H2. The van der Waals surface area contributed by atoms with Gasteiger partial charge in [-0.05, 0) is 35.4 Å². The van der Waals surface area contributed by atoms with Crippen molar-refractivity contribution in [3.05, 3.63) is 9.77 Å². The minimum atomic E-state index is 0.428. The Bertz CT molecular complexity index is 294. The first-order valence-electron chi connectivity index (χ1n) is 4.35. The molecule has 1 fully saturated rings. The Kier molecular flexibility index (Phi) is 2.73. The van der Waals surface area contributed by atoms with Crippen LogP contribution in [0.2, 0.25) is 0 Å². The van der Waals surface area contributed by atoms with Crippen molar-refractivity contribution in [3.63, 3.8) is 0 Å². The zero-order valence-electron chi connectivity index (χ0n) is 7.24. The number of nitrogens with zero attached hydrogens (tertiary/aromatic N) is 2. The topological polar surface area (TPSA) is 53.1 Å². The van der Waals surface area contributed by atoms with E-state index >= 15 is 0 Å². The molecule has 0 atom stereocenters. The average Bonchev–Trinajstić information content (AvgIpc) is 2.49. The number of nitrogens with two attached hydrogens (primary N) is 1. The summed E-state index contributed by atoms with van der Waals surface area (Å²) in [6.45, 7) is 1.64. The monoisotopic (exact) mass is 293 g/mol. The molecule has 0 bridgehead atoms. The Morgan fingerprint density at radius 3 is 2.77 bits per heavy atom. The van der Waals surface area contributed by atoms with E-state index in [1.807, 2.05) is 10.9 Å². The van der Waals surface area contributed by atoms with Gasteiger partial charge in [0.25, 0.3) is 0 Å². The molecule has 0 aliphatic carbocycles. The molecule has 2 rings (SSSR count). The molecule has 0 unspecified atom stereocenters. The molecule has 4 nitrogen and oxygen atoms in total. The summed E-state index contributed by atoms with van der Waals surface area (Å²) >= 11 is 2.20. The molecule has 5 heteroatoms. The molecule has 1 aliphatic heterocycles. The summed E-state index contributed by atoms with van der Waals surface area (Å²) < 4.78 is 8.24. The number of aromatic nitrogens is 2. The van der Waals surface area contributed by atoms with Crippen LogP contribution >= 0.6 is 22.6 Å². The minimum Gasteiger partial charge on any atom is -0.383 e. The molecule has 0 spiro atoms. The molecule has 0 aromatic carbocycles. The van der Waals surface area contributed by atoms with Crippen LogP contribution in [0.15, 0.2) is 6.20 Å². The van der Waals surface area contributed by atoms with Gasteiger partial charge in [0.05, 0.1) is 15.8 Å². The molecule has 0 radical (unpaired) electrons. The molecule has 13 heavy (non-hydrogen) atoms. The molecule has 1 aromatic rings. The maximum absolute atomic E-state index is 5.89. The maximum Gasteiger partial charge on any atom is 0.135 e. The van der Waals surface area contributed by atoms with Crippen molar-refractivity contribution in [1.29, 1.82) is 0 Å². The minimum absolute atomic E-state index is 0.428. The fraction of sp³-hybridized carbons (Fsp3) is 0.625. The Balaban J connectivity index is 2.18. The molecule has 72 valence electrons. The first kappa shape index (κ1) is 9.26. The lowest BCUT2D eigenvalue weighted by atomic mass is 10.1. The van der Waals surface area contributed by atoms with Gasteiger partial charge in [0.1, 0.15) is 5.82 Å². The second-order valence-corrected chi connectivity index (χ2v) is 4.33. The maximum atomic E-state index is 5.89. The van der Waals surface area contributed by atoms with Crippen molar-refractivity contribution in [1.82, 2.24) is 9.78 Å². The normalized spacial score (nSPS) is 19.2. The van der Waals surface area contributed by atoms with Crippen molar-refractivity contribution < 1.29 is 4.74 Å². The van der Waals surface area contributed by atoms with Crippen LogP contribution in [0.5, 0.6) is 0 Å². The van der Waals surface area contributed by atoms with Crippen LogP contribution in [-0.2, 0) is 4.74 Å². The van der Waals surface area contributed by atoms with Crippen molar-refractivity contribution in [2.24, 2.45) is 0 Å². The predicted molar refractivity (Wildman–Crippen MR) is 58.4 cm³/mol. The summed E-state index contributed by atoms with van der Waals surface area (Å²) in [7, 11) is 0. The summed E-state index contributed by atoms with van der Waals surface area (Å²) in [4.78, 5) is 0. The van der Waals surface area contributed by atoms with E-state index in [2.05, 4.69) is 27.7 Å². The first-order valence-corrected chi connectivity index (χ1v) is 5.43. The highest BCUT2D eigenvalue weighted by Crippen LogP contribution is 2.25. The van der Waals surface area contributed by atoms with Gasteiger partial charge in [0, 0.05) is 13.2 Å². The van der Waals surface area contributed by atoms with Gasteiger partial charge in [-0.3, -0.25) is 0 Å². The zero-order valence-corrected chi connectivity index (χ0v) is 9.40. The number of nitrogen functional groups attached to an aromatic ring is 1. The van der Waals surface area contributed by atoms with Crippen LogP contribution in [-0.4, -0.2) is 23.0 Å². The molecular weight excluding hydrogens is 281 g/mol. The molecule has 1 aliphatic rings. The molecule has 0 saturated carbocycles. The largest absolute Gasteiger partial charge is 0.383 e. The Morgan fingerprint density at radius 1 is 1.54 bits per heavy atom. The highest BCUT2D eigenvalue weighted by molar-refractivity contribution is 14.1. The second-order valence-electron chi connectivity index (χ2n) is 3.17.